The second-order valence-electron chi connectivity index (χ2n) is 10.1. The topological polar surface area (TPSA) is 173 Å². The van der Waals surface area contributed by atoms with Crippen LogP contribution in [0.15, 0.2) is 66.7 Å². The lowest BCUT2D eigenvalue weighted by molar-refractivity contribution is -0.142. The second-order valence-corrected chi connectivity index (χ2v) is 11.8. The van der Waals surface area contributed by atoms with Gasteiger partial charge in [-0.2, -0.15) is 0 Å². The fourth-order valence-corrected chi connectivity index (χ4v) is 6.77. The molecule has 2 heterocycles. The van der Waals surface area contributed by atoms with E-state index in [1.54, 1.807) is 54.6 Å². The first-order chi connectivity index (χ1) is 19.0. The van der Waals surface area contributed by atoms with Gasteiger partial charge in [-0.05, 0) is 41.8 Å². The van der Waals surface area contributed by atoms with Crippen molar-refractivity contribution in [2.24, 2.45) is 5.92 Å². The number of carboxylic acid groups (broad SMARTS) is 1. The van der Waals surface area contributed by atoms with Gasteiger partial charge in [0.05, 0.1) is 6.04 Å². The molecule has 5 N–H and O–H groups in total. The minimum absolute atomic E-state index is 0.0122. The summed E-state index contributed by atoms with van der Waals surface area (Å²) >= 11 is 0. The van der Waals surface area contributed by atoms with E-state index in [9.17, 15) is 38.6 Å². The number of benzene rings is 3. The van der Waals surface area contributed by atoms with Crippen molar-refractivity contribution in [1.29, 1.82) is 0 Å². The van der Waals surface area contributed by atoms with Gasteiger partial charge < -0.3 is 20.2 Å². The van der Waals surface area contributed by atoms with Crippen molar-refractivity contribution in [3.8, 4) is 0 Å². The lowest BCUT2D eigenvalue weighted by atomic mass is 9.93. The van der Waals surface area contributed by atoms with Crippen molar-refractivity contribution in [2.45, 2.75) is 37.1 Å². The Morgan fingerprint density at radius 3 is 2.17 bits per heavy atom. The summed E-state index contributed by atoms with van der Waals surface area (Å²) in [6, 6.07) is 16.8. The second kappa shape index (κ2) is 10.9. The van der Waals surface area contributed by atoms with Crippen molar-refractivity contribution in [2.75, 3.05) is 6.54 Å². The van der Waals surface area contributed by atoms with Gasteiger partial charge in [0, 0.05) is 29.5 Å². The zero-order chi connectivity index (χ0) is 28.6. The third kappa shape index (κ3) is 5.41. The Morgan fingerprint density at radius 1 is 0.975 bits per heavy atom. The molecule has 1 fully saturated rings. The summed E-state index contributed by atoms with van der Waals surface area (Å²) in [4.78, 5) is 72.3. The predicted octanol–water partition coefficient (Wildman–Crippen LogP) is 2.12. The number of amides is 3. The van der Waals surface area contributed by atoms with Crippen molar-refractivity contribution >= 4 is 42.1 Å². The zero-order valence-electron chi connectivity index (χ0n) is 21.3. The van der Waals surface area contributed by atoms with Crippen LogP contribution in [0.3, 0.4) is 0 Å². The van der Waals surface area contributed by atoms with Gasteiger partial charge in [0.25, 0.3) is 11.8 Å². The average Bonchev–Trinajstić information content (AvgIpc) is 3.37. The molecule has 3 amide bonds. The van der Waals surface area contributed by atoms with E-state index in [1.165, 1.54) is 0 Å². The van der Waals surface area contributed by atoms with Crippen LogP contribution in [0.5, 0.6) is 0 Å². The van der Waals surface area contributed by atoms with Crippen LogP contribution in [0, 0.1) is 5.92 Å². The van der Waals surface area contributed by atoms with Gasteiger partial charge >= 0.3 is 13.6 Å². The maximum atomic E-state index is 13.2. The van der Waals surface area contributed by atoms with Crippen molar-refractivity contribution in [3.63, 3.8) is 0 Å². The number of imide groups is 1. The molecule has 0 spiro atoms. The summed E-state index contributed by atoms with van der Waals surface area (Å²) in [7, 11) is -4.74. The van der Waals surface area contributed by atoms with E-state index < -0.39 is 55.1 Å². The van der Waals surface area contributed by atoms with Gasteiger partial charge in [-0.25, -0.2) is 4.79 Å². The fraction of sp³-hybridized carbons (Fsp3) is 0.286. The number of carboxylic acids is 1. The smallest absolute Gasteiger partial charge is 0.342 e. The maximum absolute atomic E-state index is 13.2. The number of nitrogens with one attached hydrogen (secondary N) is 2. The summed E-state index contributed by atoms with van der Waals surface area (Å²) in [5, 5.41) is 16.1. The van der Waals surface area contributed by atoms with E-state index in [1.807, 2.05) is 12.1 Å². The first kappa shape index (κ1) is 27.7. The molecule has 1 saturated heterocycles. The third-order valence-corrected chi connectivity index (χ3v) is 8.81. The largest absolute Gasteiger partial charge is 0.480 e. The van der Waals surface area contributed by atoms with Gasteiger partial charge in [0.1, 0.15) is 11.8 Å². The van der Waals surface area contributed by atoms with Crippen molar-refractivity contribution in [1.82, 2.24) is 15.5 Å². The van der Waals surface area contributed by atoms with Crippen LogP contribution in [0.25, 0.3) is 10.8 Å². The molecular weight excluding hydrogens is 537 g/mol. The zero-order valence-corrected chi connectivity index (χ0v) is 22.2. The highest BCUT2D eigenvalue weighted by Crippen LogP contribution is 2.48. The summed E-state index contributed by atoms with van der Waals surface area (Å²) in [6.45, 7) is -0.106. The predicted molar refractivity (Wildman–Crippen MR) is 145 cm³/mol. The number of hydrogen-bond donors (Lipinski definition) is 5. The highest BCUT2D eigenvalue weighted by molar-refractivity contribution is 7.52. The Balaban J connectivity index is 1.29. The number of nitrogens with zero attached hydrogens (tertiary/aromatic N) is 1. The minimum atomic E-state index is -4.74. The molecule has 0 unspecified atom stereocenters. The normalized spacial score (nSPS) is 21.4. The average molecular weight is 566 g/mol. The summed E-state index contributed by atoms with van der Waals surface area (Å²) in [6.07, 6.45) is 0.0592. The standard InChI is InChI=1S/C28H28N3O8P/c32-24(29-22(28(35)36)14-16-6-2-1-3-7-16)21-15-18(25(30-21)40(37,38)39)12-13-31-26(33)19-10-4-8-17-9-5-11-20(23(17)19)27(31)34/h1-11,18,21-22,25,30H,12-15H2,(H,29,32)(H,35,36)(H2,37,38,39)/t18-,21+,22+,25+/m1/s1. The first-order valence-corrected chi connectivity index (χ1v) is 14.5. The van der Waals surface area contributed by atoms with Gasteiger partial charge in [0.2, 0.25) is 5.91 Å². The van der Waals surface area contributed by atoms with E-state index in [0.29, 0.717) is 22.1 Å². The lowest BCUT2D eigenvalue weighted by Crippen LogP contribution is -2.50. The molecule has 0 aliphatic carbocycles. The quantitative estimate of drug-likeness (QED) is 0.192. The molecule has 0 aromatic heterocycles. The van der Waals surface area contributed by atoms with E-state index in [0.717, 1.165) is 10.3 Å². The molecule has 0 saturated carbocycles. The van der Waals surface area contributed by atoms with Crippen LogP contribution in [-0.2, 0) is 20.6 Å². The monoisotopic (exact) mass is 565 g/mol. The fourth-order valence-electron chi connectivity index (χ4n) is 5.57. The minimum Gasteiger partial charge on any atom is -0.480 e. The molecule has 5 rings (SSSR count). The third-order valence-electron chi connectivity index (χ3n) is 7.51. The van der Waals surface area contributed by atoms with Crippen LogP contribution in [0.4, 0.5) is 0 Å². The van der Waals surface area contributed by atoms with Crippen molar-refractivity contribution in [3.05, 3.63) is 83.4 Å². The number of hydrogen-bond acceptors (Lipinski definition) is 6. The van der Waals surface area contributed by atoms with Gasteiger partial charge in [-0.1, -0.05) is 54.6 Å². The molecule has 40 heavy (non-hydrogen) atoms. The van der Waals surface area contributed by atoms with Crippen LogP contribution < -0.4 is 10.6 Å². The number of rotatable bonds is 9. The van der Waals surface area contributed by atoms with Crippen LogP contribution in [0.2, 0.25) is 0 Å². The van der Waals surface area contributed by atoms with Crippen molar-refractivity contribution < 1.29 is 38.6 Å². The van der Waals surface area contributed by atoms with E-state index in [2.05, 4.69) is 10.6 Å². The number of aliphatic carboxylic acids is 1. The Morgan fingerprint density at radius 2 is 1.60 bits per heavy atom. The molecule has 208 valence electrons. The van der Waals surface area contributed by atoms with E-state index >= 15 is 0 Å². The lowest BCUT2D eigenvalue weighted by Gasteiger charge is -2.29. The van der Waals surface area contributed by atoms with Gasteiger partial charge in [-0.15, -0.1) is 0 Å². The van der Waals surface area contributed by atoms with Gasteiger partial charge in [0.15, 0.2) is 0 Å². The molecule has 12 heteroatoms. The molecule has 4 atom stereocenters. The highest BCUT2D eigenvalue weighted by atomic mass is 31.2. The molecule has 2 aliphatic heterocycles. The summed E-state index contributed by atoms with van der Waals surface area (Å²) in [5.74, 6) is -5.08. The molecule has 0 radical (unpaired) electrons. The SMILES string of the molecule is O=C(O)[C@H](Cc1ccccc1)NC(=O)[C@@H]1C[C@@H](CCN2C(=O)c3cccc4cccc(c34)C2=O)[C@H](P(=O)(O)O)N1. The summed E-state index contributed by atoms with van der Waals surface area (Å²) in [5.41, 5.74) is 1.45. The summed E-state index contributed by atoms with van der Waals surface area (Å²) < 4.78 is 12.3. The first-order valence-electron chi connectivity index (χ1n) is 12.8. The highest BCUT2D eigenvalue weighted by Gasteiger charge is 2.47. The van der Waals surface area contributed by atoms with Crippen LogP contribution >= 0.6 is 7.60 Å². The van der Waals surface area contributed by atoms with Crippen LogP contribution in [0.1, 0.15) is 39.1 Å². The Bertz CT molecular complexity index is 1490. The molecule has 11 nitrogen and oxygen atoms in total. The van der Waals surface area contributed by atoms with Crippen LogP contribution in [-0.4, -0.2) is 67.9 Å². The maximum Gasteiger partial charge on any atom is 0.342 e. The molecule has 3 aromatic carbocycles. The Hall–Kier alpha value is -3.89. The number of carbonyl (C=O) groups excluding carboxylic acids is 3. The van der Waals surface area contributed by atoms with E-state index in [-0.39, 0.29) is 25.8 Å². The van der Waals surface area contributed by atoms with Gasteiger partial charge in [-0.3, -0.25) is 29.2 Å². The molecule has 0 bridgehead atoms. The molecule has 3 aromatic rings. The Labute approximate surface area is 229 Å². The van der Waals surface area contributed by atoms with E-state index in [4.69, 9.17) is 0 Å². The Kier molecular flexibility index (Phi) is 7.57. The number of carbonyl (C=O) groups is 4. The molecule has 2 aliphatic rings. The molecular formula is C28H28N3O8P.